The number of anilines is 1. The molecule has 102 valence electrons. The van der Waals surface area contributed by atoms with Crippen LogP contribution in [-0.4, -0.2) is 41.5 Å². The topological polar surface area (TPSA) is 77.4 Å². The molecule has 1 fully saturated rings. The van der Waals surface area contributed by atoms with Gasteiger partial charge in [-0.3, -0.25) is 0 Å². The van der Waals surface area contributed by atoms with E-state index < -0.39 is 12.3 Å². The van der Waals surface area contributed by atoms with E-state index in [0.717, 1.165) is 0 Å². The minimum Gasteiger partial charge on any atom is -0.431 e. The maximum atomic E-state index is 12.3. The first-order valence-electron chi connectivity index (χ1n) is 5.64. The summed E-state index contributed by atoms with van der Waals surface area (Å²) in [4.78, 5) is 6.03. The second-order valence-electron chi connectivity index (χ2n) is 3.86. The Morgan fingerprint density at radius 2 is 2.00 bits per heavy atom. The van der Waals surface area contributed by atoms with E-state index in [4.69, 9.17) is 13.6 Å². The molecule has 1 aliphatic rings. The number of morpholine rings is 1. The Labute approximate surface area is 106 Å². The summed E-state index contributed by atoms with van der Waals surface area (Å²) in [6.07, 6.45) is -1.50. The fourth-order valence-corrected chi connectivity index (χ4v) is 1.69. The molecule has 9 heteroatoms. The number of ether oxygens (including phenoxy) is 1. The van der Waals surface area contributed by atoms with Gasteiger partial charge < -0.3 is 18.5 Å². The first-order valence-corrected chi connectivity index (χ1v) is 5.64. The maximum absolute atomic E-state index is 12.3. The molecule has 0 amide bonds. The summed E-state index contributed by atoms with van der Waals surface area (Å²) in [6.45, 7) is 2.50. The summed E-state index contributed by atoms with van der Waals surface area (Å²) in [7, 11) is 0. The minimum absolute atomic E-state index is 0.0847. The lowest BCUT2D eigenvalue weighted by Gasteiger charge is -2.24. The second kappa shape index (κ2) is 4.92. The van der Waals surface area contributed by atoms with Gasteiger partial charge in [0.2, 0.25) is 0 Å². The molecule has 2 aromatic rings. The molecule has 0 spiro atoms. The van der Waals surface area contributed by atoms with Crippen molar-refractivity contribution in [2.75, 3.05) is 31.2 Å². The van der Waals surface area contributed by atoms with Gasteiger partial charge in [-0.25, -0.2) is 0 Å². The summed E-state index contributed by atoms with van der Waals surface area (Å²) in [5.41, 5.74) is 0.237. The summed E-state index contributed by atoms with van der Waals surface area (Å²) >= 11 is 0. The van der Waals surface area contributed by atoms with Crippen molar-refractivity contribution in [2.45, 2.75) is 6.43 Å². The summed E-state index contributed by atoms with van der Waals surface area (Å²) < 4.78 is 39.9. The average Bonchev–Trinajstić information content (AvgIpc) is 3.09. The molecule has 0 bridgehead atoms. The molecule has 0 aromatic carbocycles. The van der Waals surface area contributed by atoms with Crippen LogP contribution in [0.15, 0.2) is 15.1 Å². The number of halogens is 2. The van der Waals surface area contributed by atoms with E-state index in [1.807, 2.05) is 4.90 Å². The monoisotopic (exact) mass is 272 g/mol. The predicted molar refractivity (Wildman–Crippen MR) is 57.8 cm³/mol. The van der Waals surface area contributed by atoms with Crippen molar-refractivity contribution in [2.24, 2.45) is 0 Å². The summed E-state index contributed by atoms with van der Waals surface area (Å²) in [6, 6.07) is 0.384. The van der Waals surface area contributed by atoms with Gasteiger partial charge in [-0.2, -0.15) is 13.8 Å². The van der Waals surface area contributed by atoms with Gasteiger partial charge in [0.15, 0.2) is 5.69 Å². The van der Waals surface area contributed by atoms with Crippen molar-refractivity contribution in [1.29, 1.82) is 0 Å². The molecule has 0 radical (unpaired) electrons. The Morgan fingerprint density at radius 1 is 1.21 bits per heavy atom. The van der Waals surface area contributed by atoms with Gasteiger partial charge in [-0.05, 0) is 0 Å². The van der Waals surface area contributed by atoms with Crippen LogP contribution in [0.3, 0.4) is 0 Å². The smallest absolute Gasteiger partial charge is 0.314 e. The third-order valence-corrected chi connectivity index (χ3v) is 2.62. The molecule has 1 saturated heterocycles. The van der Waals surface area contributed by atoms with Gasteiger partial charge in [-0.1, -0.05) is 0 Å². The standard InChI is InChI=1S/C10H10F2N4O3/c11-7(12)9-15-14-8(19-9)6-5-18-10(13-6)16-1-3-17-4-2-16/h5,7H,1-4H2. The molecule has 0 N–H and O–H groups in total. The fourth-order valence-electron chi connectivity index (χ4n) is 1.69. The molecule has 1 aliphatic heterocycles. The van der Waals surface area contributed by atoms with Crippen LogP contribution in [-0.2, 0) is 4.74 Å². The molecule has 3 heterocycles. The number of hydrogen-bond acceptors (Lipinski definition) is 7. The highest BCUT2D eigenvalue weighted by molar-refractivity contribution is 5.47. The number of aromatic nitrogens is 3. The quantitative estimate of drug-likeness (QED) is 0.837. The number of oxazole rings is 1. The average molecular weight is 272 g/mol. The van der Waals surface area contributed by atoms with E-state index in [1.54, 1.807) is 0 Å². The molecule has 7 nitrogen and oxygen atoms in total. The van der Waals surface area contributed by atoms with Gasteiger partial charge >= 0.3 is 6.43 Å². The Kier molecular flexibility index (Phi) is 3.11. The molecule has 0 saturated carbocycles. The zero-order valence-corrected chi connectivity index (χ0v) is 9.75. The van der Waals surface area contributed by atoms with Crippen LogP contribution in [0.4, 0.5) is 14.8 Å². The van der Waals surface area contributed by atoms with Crippen LogP contribution in [0.25, 0.3) is 11.6 Å². The Morgan fingerprint density at radius 3 is 2.68 bits per heavy atom. The van der Waals surface area contributed by atoms with Crippen LogP contribution >= 0.6 is 0 Å². The first kappa shape index (κ1) is 12.0. The van der Waals surface area contributed by atoms with Crippen molar-refractivity contribution in [3.63, 3.8) is 0 Å². The number of rotatable bonds is 3. The molecular weight excluding hydrogens is 262 g/mol. The Hall–Kier alpha value is -2.03. The van der Waals surface area contributed by atoms with Gasteiger partial charge in [0.1, 0.15) is 6.26 Å². The lowest BCUT2D eigenvalue weighted by Crippen LogP contribution is -2.36. The zero-order valence-electron chi connectivity index (χ0n) is 9.75. The molecule has 0 atom stereocenters. The number of hydrogen-bond donors (Lipinski definition) is 0. The van der Waals surface area contributed by atoms with E-state index >= 15 is 0 Å². The molecule has 3 rings (SSSR count). The second-order valence-corrected chi connectivity index (χ2v) is 3.86. The van der Waals surface area contributed by atoms with Gasteiger partial charge in [-0.15, -0.1) is 10.2 Å². The number of alkyl halides is 2. The van der Waals surface area contributed by atoms with Crippen LogP contribution in [0.2, 0.25) is 0 Å². The molecule has 0 unspecified atom stereocenters. The largest absolute Gasteiger partial charge is 0.431 e. The van der Waals surface area contributed by atoms with Crippen LogP contribution < -0.4 is 4.90 Å². The normalized spacial score (nSPS) is 16.3. The van der Waals surface area contributed by atoms with Gasteiger partial charge in [0, 0.05) is 13.1 Å². The summed E-state index contributed by atoms with van der Waals surface area (Å²) in [5, 5.41) is 6.74. The van der Waals surface area contributed by atoms with Crippen molar-refractivity contribution in [3.8, 4) is 11.6 Å². The van der Waals surface area contributed by atoms with E-state index in [2.05, 4.69) is 15.2 Å². The van der Waals surface area contributed by atoms with Crippen LogP contribution in [0.5, 0.6) is 0 Å². The molecule has 2 aromatic heterocycles. The Bertz CT molecular complexity index is 550. The van der Waals surface area contributed by atoms with E-state index in [-0.39, 0.29) is 11.6 Å². The maximum Gasteiger partial charge on any atom is 0.314 e. The highest BCUT2D eigenvalue weighted by atomic mass is 19.3. The predicted octanol–water partition coefficient (Wildman–Crippen LogP) is 1.50. The fraction of sp³-hybridized carbons (Fsp3) is 0.500. The summed E-state index contributed by atoms with van der Waals surface area (Å²) in [5.74, 6) is -0.815. The number of nitrogens with zero attached hydrogens (tertiary/aromatic N) is 4. The minimum atomic E-state index is -2.80. The van der Waals surface area contributed by atoms with Gasteiger partial charge in [0.25, 0.3) is 17.8 Å². The zero-order chi connectivity index (χ0) is 13.2. The van der Waals surface area contributed by atoms with E-state index in [0.29, 0.717) is 32.3 Å². The molecule has 19 heavy (non-hydrogen) atoms. The highest BCUT2D eigenvalue weighted by Crippen LogP contribution is 2.25. The first-order chi connectivity index (χ1) is 9.24. The SMILES string of the molecule is FC(F)c1nnc(-c2coc(N3CCOCC3)n2)o1. The van der Waals surface area contributed by atoms with Crippen molar-refractivity contribution < 1.29 is 22.4 Å². The lowest BCUT2D eigenvalue weighted by atomic mass is 10.4. The van der Waals surface area contributed by atoms with Crippen LogP contribution in [0, 0.1) is 0 Å². The Balaban J connectivity index is 1.79. The molecule has 0 aliphatic carbocycles. The third-order valence-electron chi connectivity index (χ3n) is 2.62. The highest BCUT2D eigenvalue weighted by Gasteiger charge is 2.21. The van der Waals surface area contributed by atoms with Crippen LogP contribution in [0.1, 0.15) is 12.3 Å². The van der Waals surface area contributed by atoms with Crippen molar-refractivity contribution in [1.82, 2.24) is 15.2 Å². The van der Waals surface area contributed by atoms with E-state index in [1.165, 1.54) is 6.26 Å². The lowest BCUT2D eigenvalue weighted by molar-refractivity contribution is 0.116. The van der Waals surface area contributed by atoms with Crippen molar-refractivity contribution in [3.05, 3.63) is 12.2 Å². The van der Waals surface area contributed by atoms with E-state index in [9.17, 15) is 8.78 Å². The van der Waals surface area contributed by atoms with Crippen molar-refractivity contribution >= 4 is 6.01 Å². The third kappa shape index (κ3) is 2.41. The van der Waals surface area contributed by atoms with Gasteiger partial charge in [0.05, 0.1) is 13.2 Å². The molecular formula is C10H10F2N4O3.